The summed E-state index contributed by atoms with van der Waals surface area (Å²) in [6.07, 6.45) is -0.573. The van der Waals surface area contributed by atoms with E-state index in [-0.39, 0.29) is 24.6 Å². The Kier molecular flexibility index (Phi) is 7.00. The Balaban J connectivity index is 1.40. The zero-order valence-electron chi connectivity index (χ0n) is 19.3. The van der Waals surface area contributed by atoms with Crippen molar-refractivity contribution >= 4 is 12.0 Å². The second-order valence-electron chi connectivity index (χ2n) is 9.44. The molecule has 0 bridgehead atoms. The maximum absolute atomic E-state index is 13.2. The average molecular weight is 452 g/mol. The normalized spacial score (nSPS) is 22.1. The first-order valence-corrected chi connectivity index (χ1v) is 11.6. The molecule has 176 valence electrons. The van der Waals surface area contributed by atoms with E-state index in [0.29, 0.717) is 18.3 Å². The van der Waals surface area contributed by atoms with Crippen molar-refractivity contribution in [3.8, 4) is 0 Å². The highest BCUT2D eigenvalue weighted by atomic mass is 16.4. The summed E-state index contributed by atoms with van der Waals surface area (Å²) in [5.74, 6) is 0.852. The first-order valence-electron chi connectivity index (χ1n) is 11.6. The molecular formula is C26H33N3O4. The van der Waals surface area contributed by atoms with Crippen molar-refractivity contribution in [3.05, 3.63) is 70.8 Å². The minimum atomic E-state index is -1.07. The van der Waals surface area contributed by atoms with Crippen LogP contribution in [0.4, 0.5) is 4.79 Å². The number of nitrogens with one attached hydrogen (secondary N) is 1. The maximum atomic E-state index is 13.2. The standard InChI is InChI=1S/C26H33N3O4/c1-17-7-6-8-18(2)24(17)25(31)29-14-20-12-28(13-21(20)15-29)22(16-30)11-23(27-26(32)33)19-9-4-3-5-10-19/h3-10,20-23,27,30H,11-16H2,1-2H3,(H,32,33)/t20?,21?,22-,23?/m0/s1. The van der Waals surface area contributed by atoms with Gasteiger partial charge in [-0.25, -0.2) is 4.79 Å². The van der Waals surface area contributed by atoms with Crippen LogP contribution in [0.1, 0.15) is 39.5 Å². The van der Waals surface area contributed by atoms with E-state index in [9.17, 15) is 19.8 Å². The zero-order chi connectivity index (χ0) is 23.5. The van der Waals surface area contributed by atoms with Gasteiger partial charge in [0, 0.05) is 37.8 Å². The summed E-state index contributed by atoms with van der Waals surface area (Å²) in [7, 11) is 0. The van der Waals surface area contributed by atoms with Crippen LogP contribution in [0.15, 0.2) is 48.5 Å². The fraction of sp³-hybridized carbons (Fsp3) is 0.462. The van der Waals surface area contributed by atoms with Crippen molar-refractivity contribution in [2.24, 2.45) is 11.8 Å². The Labute approximate surface area is 195 Å². The first-order chi connectivity index (χ1) is 15.9. The van der Waals surface area contributed by atoms with Gasteiger partial charge in [0.25, 0.3) is 5.91 Å². The van der Waals surface area contributed by atoms with Gasteiger partial charge in [0.2, 0.25) is 0 Å². The number of hydrogen-bond acceptors (Lipinski definition) is 4. The molecule has 2 aliphatic rings. The summed E-state index contributed by atoms with van der Waals surface area (Å²) in [4.78, 5) is 28.8. The topological polar surface area (TPSA) is 93.1 Å². The number of carboxylic acid groups (broad SMARTS) is 1. The Morgan fingerprint density at radius 3 is 2.12 bits per heavy atom. The van der Waals surface area contributed by atoms with Gasteiger partial charge in [-0.2, -0.15) is 0 Å². The molecule has 2 heterocycles. The number of rotatable bonds is 7. The van der Waals surface area contributed by atoms with Crippen molar-refractivity contribution in [3.63, 3.8) is 0 Å². The molecule has 7 heteroatoms. The first kappa shape index (κ1) is 23.3. The van der Waals surface area contributed by atoms with Gasteiger partial charge in [-0.15, -0.1) is 0 Å². The third-order valence-electron chi connectivity index (χ3n) is 7.23. The molecular weight excluding hydrogens is 418 g/mol. The monoisotopic (exact) mass is 451 g/mol. The van der Waals surface area contributed by atoms with Crippen LogP contribution in [0.2, 0.25) is 0 Å². The molecule has 2 aromatic carbocycles. The van der Waals surface area contributed by atoms with Gasteiger partial charge in [0.05, 0.1) is 12.6 Å². The lowest BCUT2D eigenvalue weighted by molar-refractivity contribution is 0.0752. The molecule has 33 heavy (non-hydrogen) atoms. The predicted octanol–water partition coefficient (Wildman–Crippen LogP) is 3.07. The Hall–Kier alpha value is -2.90. The fourth-order valence-corrected chi connectivity index (χ4v) is 5.53. The number of nitrogens with zero attached hydrogens (tertiary/aromatic N) is 2. The minimum Gasteiger partial charge on any atom is -0.465 e. The van der Waals surface area contributed by atoms with Crippen LogP contribution in [0, 0.1) is 25.7 Å². The number of likely N-dealkylation sites (tertiary alicyclic amines) is 2. The highest BCUT2D eigenvalue weighted by Crippen LogP contribution is 2.35. The van der Waals surface area contributed by atoms with E-state index in [4.69, 9.17) is 0 Å². The second-order valence-corrected chi connectivity index (χ2v) is 9.44. The number of carbonyl (C=O) groups is 2. The summed E-state index contributed by atoms with van der Waals surface area (Å²) < 4.78 is 0. The molecule has 3 unspecified atom stereocenters. The molecule has 0 spiro atoms. The minimum absolute atomic E-state index is 0.0326. The van der Waals surface area contributed by atoms with E-state index in [1.807, 2.05) is 67.3 Å². The Bertz CT molecular complexity index is 962. The lowest BCUT2D eigenvalue weighted by atomic mass is 9.98. The van der Waals surface area contributed by atoms with Gasteiger partial charge in [-0.1, -0.05) is 48.5 Å². The second kappa shape index (κ2) is 9.93. The largest absolute Gasteiger partial charge is 0.465 e. The van der Waals surface area contributed by atoms with Gasteiger partial charge >= 0.3 is 6.09 Å². The fourth-order valence-electron chi connectivity index (χ4n) is 5.53. The lowest BCUT2D eigenvalue weighted by Gasteiger charge is -2.31. The predicted molar refractivity (Wildman–Crippen MR) is 126 cm³/mol. The van der Waals surface area contributed by atoms with Crippen LogP contribution >= 0.6 is 0 Å². The van der Waals surface area contributed by atoms with Gasteiger partial charge < -0.3 is 20.4 Å². The van der Waals surface area contributed by atoms with Crippen molar-refractivity contribution < 1.29 is 19.8 Å². The molecule has 0 aromatic heterocycles. The molecule has 2 fully saturated rings. The molecule has 2 aromatic rings. The summed E-state index contributed by atoms with van der Waals surface area (Å²) >= 11 is 0. The van der Waals surface area contributed by atoms with E-state index < -0.39 is 6.09 Å². The Morgan fingerprint density at radius 1 is 0.970 bits per heavy atom. The van der Waals surface area contributed by atoms with E-state index in [2.05, 4.69) is 10.2 Å². The zero-order valence-corrected chi connectivity index (χ0v) is 19.3. The van der Waals surface area contributed by atoms with Gasteiger partial charge in [0.1, 0.15) is 0 Å². The molecule has 0 aliphatic carbocycles. The summed E-state index contributed by atoms with van der Waals surface area (Å²) in [6.45, 7) is 7.00. The van der Waals surface area contributed by atoms with Crippen LogP contribution in [0.3, 0.4) is 0 Å². The number of amides is 2. The molecule has 2 aliphatic heterocycles. The van der Waals surface area contributed by atoms with Crippen LogP contribution in [-0.4, -0.2) is 70.8 Å². The number of aliphatic hydroxyl groups excluding tert-OH is 1. The number of aryl methyl sites for hydroxylation is 2. The SMILES string of the molecule is Cc1cccc(C)c1C(=O)N1CC2CN([C@H](CO)CC(NC(=O)O)c3ccccc3)CC2C1. The maximum Gasteiger partial charge on any atom is 0.405 e. The molecule has 0 radical (unpaired) electrons. The van der Waals surface area contributed by atoms with Crippen LogP contribution < -0.4 is 5.32 Å². The molecule has 0 saturated carbocycles. The molecule has 4 atom stereocenters. The molecule has 3 N–H and O–H groups in total. The lowest BCUT2D eigenvalue weighted by Crippen LogP contribution is -2.42. The smallest absolute Gasteiger partial charge is 0.405 e. The molecule has 2 saturated heterocycles. The third-order valence-corrected chi connectivity index (χ3v) is 7.23. The van der Waals surface area contributed by atoms with E-state index in [0.717, 1.165) is 48.4 Å². The van der Waals surface area contributed by atoms with Crippen molar-refractivity contribution in [1.29, 1.82) is 0 Å². The molecule has 7 nitrogen and oxygen atoms in total. The number of fused-ring (bicyclic) bond motifs is 1. The van der Waals surface area contributed by atoms with Crippen LogP contribution in [-0.2, 0) is 0 Å². The van der Waals surface area contributed by atoms with E-state index >= 15 is 0 Å². The number of aliphatic hydroxyl groups is 1. The van der Waals surface area contributed by atoms with Gasteiger partial charge in [0.15, 0.2) is 0 Å². The summed E-state index contributed by atoms with van der Waals surface area (Å²) in [5, 5.41) is 22.1. The number of benzene rings is 2. The third kappa shape index (κ3) is 5.04. The molecule has 4 rings (SSSR count). The van der Waals surface area contributed by atoms with Crippen LogP contribution in [0.5, 0.6) is 0 Å². The van der Waals surface area contributed by atoms with Crippen molar-refractivity contribution in [1.82, 2.24) is 15.1 Å². The number of hydrogen-bond donors (Lipinski definition) is 3. The average Bonchev–Trinajstić information content (AvgIpc) is 3.36. The van der Waals surface area contributed by atoms with Crippen LogP contribution in [0.25, 0.3) is 0 Å². The number of carbonyl (C=O) groups excluding carboxylic acids is 1. The highest BCUT2D eigenvalue weighted by Gasteiger charge is 2.44. The highest BCUT2D eigenvalue weighted by molar-refractivity contribution is 5.97. The van der Waals surface area contributed by atoms with Gasteiger partial charge in [-0.05, 0) is 48.8 Å². The van der Waals surface area contributed by atoms with Crippen molar-refractivity contribution in [2.75, 3.05) is 32.8 Å². The van der Waals surface area contributed by atoms with E-state index in [1.54, 1.807) is 0 Å². The quantitative estimate of drug-likeness (QED) is 0.602. The summed E-state index contributed by atoms with van der Waals surface area (Å²) in [5.41, 5.74) is 3.73. The Morgan fingerprint density at radius 2 is 1.58 bits per heavy atom. The molecule has 2 amide bonds. The van der Waals surface area contributed by atoms with E-state index in [1.165, 1.54) is 0 Å². The van der Waals surface area contributed by atoms with Crippen molar-refractivity contribution in [2.45, 2.75) is 32.4 Å². The summed E-state index contributed by atoms with van der Waals surface area (Å²) in [6, 6.07) is 14.9. The van der Waals surface area contributed by atoms with Gasteiger partial charge in [-0.3, -0.25) is 9.69 Å².